The van der Waals surface area contributed by atoms with Crippen LogP contribution in [0.15, 0.2) is 43.2 Å². The molecule has 94 valence electrons. The first-order valence-corrected chi connectivity index (χ1v) is 5.94. The molecule has 0 saturated carbocycles. The van der Waals surface area contributed by atoms with Crippen molar-refractivity contribution in [3.8, 4) is 11.4 Å². The SMILES string of the molecule is C=CCc1ccc(-c2nc3ncnc(N)c3[nH]2)cc1. The van der Waals surface area contributed by atoms with Crippen LogP contribution in [0.4, 0.5) is 5.82 Å². The second-order valence-corrected chi connectivity index (χ2v) is 4.23. The number of rotatable bonds is 3. The molecule has 0 fully saturated rings. The lowest BCUT2D eigenvalue weighted by atomic mass is 10.1. The van der Waals surface area contributed by atoms with E-state index in [4.69, 9.17) is 5.73 Å². The largest absolute Gasteiger partial charge is 0.382 e. The first-order chi connectivity index (χ1) is 9.28. The number of fused-ring (bicyclic) bond motifs is 1. The Hall–Kier alpha value is -2.69. The molecule has 0 saturated heterocycles. The molecule has 19 heavy (non-hydrogen) atoms. The molecule has 0 amide bonds. The van der Waals surface area contributed by atoms with Crippen molar-refractivity contribution in [3.05, 3.63) is 48.8 Å². The molecule has 0 radical (unpaired) electrons. The Morgan fingerprint density at radius 2 is 2.00 bits per heavy atom. The number of hydrogen-bond acceptors (Lipinski definition) is 4. The van der Waals surface area contributed by atoms with E-state index in [-0.39, 0.29) is 0 Å². The number of benzene rings is 1. The lowest BCUT2D eigenvalue weighted by molar-refractivity contribution is 1.21. The lowest BCUT2D eigenvalue weighted by Crippen LogP contribution is -1.91. The first-order valence-electron chi connectivity index (χ1n) is 5.94. The van der Waals surface area contributed by atoms with Gasteiger partial charge < -0.3 is 10.7 Å². The summed E-state index contributed by atoms with van der Waals surface area (Å²) < 4.78 is 0. The van der Waals surface area contributed by atoms with Crippen LogP contribution in [-0.4, -0.2) is 19.9 Å². The van der Waals surface area contributed by atoms with E-state index < -0.39 is 0 Å². The van der Waals surface area contributed by atoms with Gasteiger partial charge in [-0.1, -0.05) is 30.3 Å². The smallest absolute Gasteiger partial charge is 0.183 e. The first kappa shape index (κ1) is 11.4. The summed E-state index contributed by atoms with van der Waals surface area (Å²) in [6.45, 7) is 3.73. The van der Waals surface area contributed by atoms with Crippen LogP contribution in [0, 0.1) is 0 Å². The summed E-state index contributed by atoms with van der Waals surface area (Å²) >= 11 is 0. The maximum Gasteiger partial charge on any atom is 0.183 e. The molecule has 0 atom stereocenters. The average Bonchev–Trinajstić information content (AvgIpc) is 2.85. The molecule has 1 aromatic carbocycles. The monoisotopic (exact) mass is 251 g/mol. The summed E-state index contributed by atoms with van der Waals surface area (Å²) in [7, 11) is 0. The number of aromatic amines is 1. The molecule has 0 aliphatic heterocycles. The van der Waals surface area contributed by atoms with E-state index in [1.807, 2.05) is 18.2 Å². The number of hydrogen-bond donors (Lipinski definition) is 2. The Bertz CT molecular complexity index is 727. The lowest BCUT2D eigenvalue weighted by Gasteiger charge is -1.99. The predicted molar refractivity (Wildman–Crippen MR) is 75.4 cm³/mol. The van der Waals surface area contributed by atoms with Gasteiger partial charge in [0.1, 0.15) is 17.7 Å². The molecule has 0 aliphatic rings. The van der Waals surface area contributed by atoms with Crippen LogP contribution < -0.4 is 5.73 Å². The molecule has 0 unspecified atom stereocenters. The Morgan fingerprint density at radius 1 is 1.21 bits per heavy atom. The van der Waals surface area contributed by atoms with Gasteiger partial charge in [0, 0.05) is 5.56 Å². The van der Waals surface area contributed by atoms with Crippen LogP contribution in [0.3, 0.4) is 0 Å². The zero-order chi connectivity index (χ0) is 13.2. The van der Waals surface area contributed by atoms with Crippen LogP contribution in [0.2, 0.25) is 0 Å². The number of nitrogens with zero attached hydrogens (tertiary/aromatic N) is 3. The molecule has 2 heterocycles. The van der Waals surface area contributed by atoms with Crippen LogP contribution in [0.25, 0.3) is 22.6 Å². The highest BCUT2D eigenvalue weighted by Gasteiger charge is 2.08. The maximum atomic E-state index is 5.78. The molecular weight excluding hydrogens is 238 g/mol. The van der Waals surface area contributed by atoms with E-state index >= 15 is 0 Å². The maximum absolute atomic E-state index is 5.78. The third-order valence-corrected chi connectivity index (χ3v) is 2.93. The zero-order valence-corrected chi connectivity index (χ0v) is 10.3. The molecule has 3 N–H and O–H groups in total. The van der Waals surface area contributed by atoms with Crippen LogP contribution >= 0.6 is 0 Å². The fourth-order valence-corrected chi connectivity index (χ4v) is 1.95. The van der Waals surface area contributed by atoms with Crippen molar-refractivity contribution < 1.29 is 0 Å². The number of anilines is 1. The van der Waals surface area contributed by atoms with Crippen molar-refractivity contribution in [2.45, 2.75) is 6.42 Å². The normalized spacial score (nSPS) is 10.7. The third-order valence-electron chi connectivity index (χ3n) is 2.93. The van der Waals surface area contributed by atoms with E-state index in [9.17, 15) is 0 Å². The van der Waals surface area contributed by atoms with Gasteiger partial charge in [0.15, 0.2) is 11.5 Å². The van der Waals surface area contributed by atoms with E-state index in [0.29, 0.717) is 17.0 Å². The zero-order valence-electron chi connectivity index (χ0n) is 10.3. The second kappa shape index (κ2) is 4.53. The minimum absolute atomic E-state index is 0.409. The fourth-order valence-electron chi connectivity index (χ4n) is 1.95. The Labute approximate surface area is 110 Å². The summed E-state index contributed by atoms with van der Waals surface area (Å²) in [5.41, 5.74) is 9.24. The third kappa shape index (κ3) is 2.06. The highest BCUT2D eigenvalue weighted by Crippen LogP contribution is 2.21. The predicted octanol–water partition coefficient (Wildman–Crippen LogP) is 2.33. The highest BCUT2D eigenvalue weighted by atomic mass is 15.0. The van der Waals surface area contributed by atoms with Crippen LogP contribution in [0.5, 0.6) is 0 Å². The Kier molecular flexibility index (Phi) is 2.72. The minimum atomic E-state index is 0.409. The number of allylic oxidation sites excluding steroid dienone is 1. The highest BCUT2D eigenvalue weighted by molar-refractivity contribution is 5.84. The fraction of sp³-hybridized carbons (Fsp3) is 0.0714. The number of aromatic nitrogens is 4. The molecule has 0 bridgehead atoms. The number of imidazole rings is 1. The summed E-state index contributed by atoms with van der Waals surface area (Å²) in [5.74, 6) is 1.15. The van der Waals surface area contributed by atoms with Gasteiger partial charge in [-0.3, -0.25) is 0 Å². The summed E-state index contributed by atoms with van der Waals surface area (Å²) in [4.78, 5) is 15.6. The second-order valence-electron chi connectivity index (χ2n) is 4.23. The Balaban J connectivity index is 2.03. The van der Waals surface area contributed by atoms with Gasteiger partial charge in [0.25, 0.3) is 0 Å². The van der Waals surface area contributed by atoms with Crippen molar-refractivity contribution in [3.63, 3.8) is 0 Å². The summed E-state index contributed by atoms with van der Waals surface area (Å²) in [6.07, 6.45) is 4.15. The molecule has 5 heteroatoms. The van der Waals surface area contributed by atoms with Crippen molar-refractivity contribution in [2.75, 3.05) is 5.73 Å². The number of nitrogens with one attached hydrogen (secondary N) is 1. The van der Waals surface area contributed by atoms with Gasteiger partial charge in [-0.05, 0) is 12.0 Å². The van der Waals surface area contributed by atoms with Crippen molar-refractivity contribution in [1.29, 1.82) is 0 Å². The van der Waals surface area contributed by atoms with Crippen molar-refractivity contribution in [2.24, 2.45) is 0 Å². The van der Waals surface area contributed by atoms with E-state index in [2.05, 4.69) is 38.6 Å². The quantitative estimate of drug-likeness (QED) is 0.700. The minimum Gasteiger partial charge on any atom is -0.382 e. The van der Waals surface area contributed by atoms with Crippen molar-refractivity contribution in [1.82, 2.24) is 19.9 Å². The summed E-state index contributed by atoms with van der Waals surface area (Å²) in [6, 6.07) is 8.14. The van der Waals surface area contributed by atoms with Crippen LogP contribution in [-0.2, 0) is 6.42 Å². The van der Waals surface area contributed by atoms with Gasteiger partial charge in [0.05, 0.1) is 0 Å². The molecule has 0 aliphatic carbocycles. The standard InChI is InChI=1S/C14H13N5/c1-2-3-9-4-6-10(7-5-9)13-18-11-12(15)16-8-17-14(11)19-13/h2,4-8H,1,3H2,(H3,15,16,17,18,19). The van der Waals surface area contributed by atoms with Gasteiger partial charge in [-0.15, -0.1) is 6.58 Å². The molecule has 3 aromatic rings. The van der Waals surface area contributed by atoms with E-state index in [0.717, 1.165) is 17.8 Å². The molecule has 5 nitrogen and oxygen atoms in total. The van der Waals surface area contributed by atoms with E-state index in [1.54, 1.807) is 0 Å². The molecule has 2 aromatic heterocycles. The van der Waals surface area contributed by atoms with Gasteiger partial charge in [-0.25, -0.2) is 15.0 Å². The van der Waals surface area contributed by atoms with E-state index in [1.165, 1.54) is 11.9 Å². The molecular formula is C14H13N5. The Morgan fingerprint density at radius 3 is 2.68 bits per heavy atom. The van der Waals surface area contributed by atoms with Gasteiger partial charge >= 0.3 is 0 Å². The average molecular weight is 251 g/mol. The molecule has 0 spiro atoms. The molecule has 3 rings (SSSR count). The van der Waals surface area contributed by atoms with Crippen molar-refractivity contribution >= 4 is 17.0 Å². The van der Waals surface area contributed by atoms with Crippen LogP contribution in [0.1, 0.15) is 5.56 Å². The number of nitrogens with two attached hydrogens (primary N) is 1. The topological polar surface area (TPSA) is 80.5 Å². The number of nitrogen functional groups attached to an aromatic ring is 1. The number of H-pyrrole nitrogens is 1. The van der Waals surface area contributed by atoms with Gasteiger partial charge in [-0.2, -0.15) is 0 Å². The summed E-state index contributed by atoms with van der Waals surface area (Å²) in [5, 5.41) is 0. The van der Waals surface area contributed by atoms with Gasteiger partial charge in [0.2, 0.25) is 0 Å².